The molecule has 4 aromatic rings. The highest BCUT2D eigenvalue weighted by molar-refractivity contribution is 7.93. The van der Waals surface area contributed by atoms with Gasteiger partial charge < -0.3 is 5.32 Å². The van der Waals surface area contributed by atoms with Crippen LogP contribution in [0.15, 0.2) is 96.0 Å². The monoisotopic (exact) mass is 403 g/mol. The summed E-state index contributed by atoms with van der Waals surface area (Å²) in [5.74, 6) is -0.0315. The van der Waals surface area contributed by atoms with E-state index in [1.807, 2.05) is 6.07 Å². The molecule has 0 fully saturated rings. The standard InChI is InChI=1S/C22H17N3O3S/c26-22(16-8-2-1-3-9-16)24-19-13-14-20(18-11-5-4-10-17(18)19)29(27,28)25-21-12-6-7-15-23-21/h1-15H,(H,23,25)(H,24,26). The summed E-state index contributed by atoms with van der Waals surface area (Å²) in [4.78, 5) is 16.7. The molecule has 1 amide bonds. The molecule has 1 aromatic heterocycles. The third-order valence-corrected chi connectivity index (χ3v) is 5.77. The molecule has 0 aliphatic carbocycles. The Kier molecular flexibility index (Phi) is 4.97. The van der Waals surface area contributed by atoms with Gasteiger partial charge in [-0.25, -0.2) is 13.4 Å². The van der Waals surface area contributed by atoms with Crippen molar-refractivity contribution in [3.8, 4) is 0 Å². The average molecular weight is 403 g/mol. The number of anilines is 2. The molecule has 7 heteroatoms. The number of hydrogen-bond acceptors (Lipinski definition) is 4. The number of aromatic nitrogens is 1. The molecular formula is C22H17N3O3S. The van der Waals surface area contributed by atoms with Crippen molar-refractivity contribution in [3.63, 3.8) is 0 Å². The summed E-state index contributed by atoms with van der Waals surface area (Å²) < 4.78 is 28.4. The first-order valence-corrected chi connectivity index (χ1v) is 10.3. The van der Waals surface area contributed by atoms with E-state index in [1.165, 1.54) is 12.3 Å². The summed E-state index contributed by atoms with van der Waals surface area (Å²) in [7, 11) is -3.86. The van der Waals surface area contributed by atoms with Gasteiger partial charge in [-0.2, -0.15) is 0 Å². The molecule has 0 bridgehead atoms. The van der Waals surface area contributed by atoms with Crippen molar-refractivity contribution in [3.05, 3.63) is 96.7 Å². The van der Waals surface area contributed by atoms with Crippen LogP contribution in [0.2, 0.25) is 0 Å². The SMILES string of the molecule is O=C(Nc1ccc(S(=O)(=O)Nc2ccccn2)c2ccccc12)c1ccccc1. The molecule has 0 saturated carbocycles. The molecule has 2 N–H and O–H groups in total. The highest BCUT2D eigenvalue weighted by Crippen LogP contribution is 2.30. The summed E-state index contributed by atoms with van der Waals surface area (Å²) in [6.45, 7) is 0. The van der Waals surface area contributed by atoms with E-state index in [9.17, 15) is 13.2 Å². The maximum Gasteiger partial charge on any atom is 0.263 e. The van der Waals surface area contributed by atoms with Gasteiger partial charge in [-0.3, -0.25) is 9.52 Å². The number of nitrogens with zero attached hydrogens (tertiary/aromatic N) is 1. The van der Waals surface area contributed by atoms with Gasteiger partial charge >= 0.3 is 0 Å². The number of sulfonamides is 1. The lowest BCUT2D eigenvalue weighted by molar-refractivity contribution is 0.102. The van der Waals surface area contributed by atoms with Gasteiger partial charge in [-0.1, -0.05) is 48.5 Å². The topological polar surface area (TPSA) is 88.2 Å². The van der Waals surface area contributed by atoms with Crippen LogP contribution < -0.4 is 10.0 Å². The van der Waals surface area contributed by atoms with E-state index in [2.05, 4.69) is 15.0 Å². The molecule has 0 aliphatic rings. The fourth-order valence-electron chi connectivity index (χ4n) is 3.01. The quantitative estimate of drug-likeness (QED) is 0.520. The van der Waals surface area contributed by atoms with E-state index >= 15 is 0 Å². The van der Waals surface area contributed by atoms with Crippen LogP contribution in [0.5, 0.6) is 0 Å². The van der Waals surface area contributed by atoms with Crippen LogP contribution >= 0.6 is 0 Å². The zero-order chi connectivity index (χ0) is 20.3. The molecular weight excluding hydrogens is 386 g/mol. The molecule has 29 heavy (non-hydrogen) atoms. The van der Waals surface area contributed by atoms with Crippen LogP contribution in [0.4, 0.5) is 11.5 Å². The third-order valence-electron chi connectivity index (χ3n) is 4.36. The largest absolute Gasteiger partial charge is 0.321 e. The molecule has 1 heterocycles. The van der Waals surface area contributed by atoms with E-state index in [0.717, 1.165) is 0 Å². The number of fused-ring (bicyclic) bond motifs is 1. The number of amides is 1. The van der Waals surface area contributed by atoms with E-state index < -0.39 is 10.0 Å². The Morgan fingerprint density at radius 3 is 2.17 bits per heavy atom. The lowest BCUT2D eigenvalue weighted by Gasteiger charge is -2.13. The van der Waals surface area contributed by atoms with Crippen molar-refractivity contribution in [1.29, 1.82) is 0 Å². The summed E-state index contributed by atoms with van der Waals surface area (Å²) in [6.07, 6.45) is 1.51. The predicted octanol–water partition coefficient (Wildman–Crippen LogP) is 4.29. The smallest absolute Gasteiger partial charge is 0.263 e. The second-order valence-electron chi connectivity index (χ2n) is 6.30. The Morgan fingerprint density at radius 1 is 0.759 bits per heavy atom. The van der Waals surface area contributed by atoms with Crippen molar-refractivity contribution < 1.29 is 13.2 Å². The van der Waals surface area contributed by atoms with Gasteiger partial charge in [-0.15, -0.1) is 0 Å². The van der Waals surface area contributed by atoms with Gasteiger partial charge in [0, 0.05) is 28.2 Å². The minimum Gasteiger partial charge on any atom is -0.321 e. The number of carbonyl (C=O) groups excluding carboxylic acids is 1. The van der Waals surface area contributed by atoms with E-state index in [-0.39, 0.29) is 16.6 Å². The first kappa shape index (κ1) is 18.6. The van der Waals surface area contributed by atoms with Crippen molar-refractivity contribution in [2.45, 2.75) is 4.90 Å². The molecule has 0 spiro atoms. The molecule has 3 aromatic carbocycles. The number of rotatable bonds is 5. The van der Waals surface area contributed by atoms with Crippen LogP contribution in [0, 0.1) is 0 Å². The van der Waals surface area contributed by atoms with Gasteiger partial charge in [0.05, 0.1) is 4.90 Å². The summed E-state index contributed by atoms with van der Waals surface area (Å²) in [5, 5.41) is 3.99. The van der Waals surface area contributed by atoms with Crippen molar-refractivity contribution >= 4 is 38.2 Å². The Labute approximate surface area is 168 Å². The molecule has 0 aliphatic heterocycles. The van der Waals surface area contributed by atoms with Gasteiger partial charge in [-0.05, 0) is 36.4 Å². The summed E-state index contributed by atoms with van der Waals surface area (Å²) in [5.41, 5.74) is 1.05. The maximum absolute atomic E-state index is 12.9. The first-order chi connectivity index (χ1) is 14.0. The Morgan fingerprint density at radius 2 is 1.45 bits per heavy atom. The fraction of sp³-hybridized carbons (Fsp3) is 0. The Balaban J connectivity index is 1.73. The lowest BCUT2D eigenvalue weighted by Crippen LogP contribution is -2.15. The maximum atomic E-state index is 12.9. The van der Waals surface area contributed by atoms with Gasteiger partial charge in [0.2, 0.25) is 0 Å². The fourth-order valence-corrected chi connectivity index (χ4v) is 4.24. The highest BCUT2D eigenvalue weighted by atomic mass is 32.2. The highest BCUT2D eigenvalue weighted by Gasteiger charge is 2.20. The van der Waals surface area contributed by atoms with Crippen LogP contribution in [0.25, 0.3) is 10.8 Å². The molecule has 6 nitrogen and oxygen atoms in total. The van der Waals surface area contributed by atoms with E-state index in [1.54, 1.807) is 72.8 Å². The molecule has 4 rings (SSSR count). The molecule has 0 atom stereocenters. The second-order valence-corrected chi connectivity index (χ2v) is 7.95. The van der Waals surface area contributed by atoms with Gasteiger partial charge in [0.15, 0.2) is 0 Å². The second kappa shape index (κ2) is 7.73. The van der Waals surface area contributed by atoms with Crippen LogP contribution in [0.1, 0.15) is 10.4 Å². The minimum atomic E-state index is -3.86. The van der Waals surface area contributed by atoms with Crippen molar-refractivity contribution in [2.24, 2.45) is 0 Å². The van der Waals surface area contributed by atoms with E-state index in [0.29, 0.717) is 22.0 Å². The summed E-state index contributed by atoms with van der Waals surface area (Å²) in [6, 6.07) is 23.9. The number of pyridine rings is 1. The molecule has 0 radical (unpaired) electrons. The van der Waals surface area contributed by atoms with Crippen LogP contribution in [-0.2, 0) is 10.0 Å². The minimum absolute atomic E-state index is 0.108. The molecule has 0 saturated heterocycles. The van der Waals surface area contributed by atoms with Crippen LogP contribution in [0.3, 0.4) is 0 Å². The Bertz CT molecular complexity index is 1270. The first-order valence-electron chi connectivity index (χ1n) is 8.86. The van der Waals surface area contributed by atoms with Gasteiger partial charge in [0.25, 0.3) is 15.9 Å². The number of nitrogens with one attached hydrogen (secondary N) is 2. The summed E-state index contributed by atoms with van der Waals surface area (Å²) >= 11 is 0. The molecule has 144 valence electrons. The predicted molar refractivity (Wildman–Crippen MR) is 113 cm³/mol. The van der Waals surface area contributed by atoms with Crippen molar-refractivity contribution in [1.82, 2.24) is 4.98 Å². The Hall–Kier alpha value is -3.71. The average Bonchev–Trinajstić information content (AvgIpc) is 2.75. The number of benzene rings is 3. The molecule has 0 unspecified atom stereocenters. The van der Waals surface area contributed by atoms with E-state index in [4.69, 9.17) is 0 Å². The van der Waals surface area contributed by atoms with Gasteiger partial charge in [0.1, 0.15) is 5.82 Å². The lowest BCUT2D eigenvalue weighted by atomic mass is 10.1. The number of carbonyl (C=O) groups is 1. The zero-order valence-corrected chi connectivity index (χ0v) is 16.1. The normalized spacial score (nSPS) is 11.2. The van der Waals surface area contributed by atoms with Crippen LogP contribution in [-0.4, -0.2) is 19.3 Å². The van der Waals surface area contributed by atoms with Crippen molar-refractivity contribution in [2.75, 3.05) is 10.0 Å². The zero-order valence-electron chi connectivity index (χ0n) is 15.2. The number of hydrogen-bond donors (Lipinski definition) is 2. The third kappa shape index (κ3) is 3.95.